The highest BCUT2D eigenvalue weighted by Gasteiger charge is 2.33. The fraction of sp³-hybridized carbons (Fsp3) is 0.318. The van der Waals surface area contributed by atoms with Gasteiger partial charge in [-0.2, -0.15) is 18.4 Å². The zero-order valence-corrected chi connectivity index (χ0v) is 17.0. The summed E-state index contributed by atoms with van der Waals surface area (Å²) in [6.07, 6.45) is -5.91. The van der Waals surface area contributed by atoms with Crippen LogP contribution < -0.4 is 15.2 Å². The van der Waals surface area contributed by atoms with Crippen LogP contribution in [0.3, 0.4) is 0 Å². The molecule has 3 aromatic rings. The summed E-state index contributed by atoms with van der Waals surface area (Å²) in [5.74, 6) is 0.0247. The van der Waals surface area contributed by atoms with E-state index in [0.717, 1.165) is 12.1 Å². The Morgan fingerprint density at radius 2 is 2.03 bits per heavy atom. The number of anilines is 1. The Morgan fingerprint density at radius 3 is 2.72 bits per heavy atom. The van der Waals surface area contributed by atoms with Crippen LogP contribution in [0.5, 0.6) is 5.75 Å². The van der Waals surface area contributed by atoms with Gasteiger partial charge in [0, 0.05) is 32.6 Å². The van der Waals surface area contributed by atoms with Crippen LogP contribution in [0.15, 0.2) is 47.3 Å². The Labute approximate surface area is 180 Å². The number of benzene rings is 1. The van der Waals surface area contributed by atoms with Crippen molar-refractivity contribution in [1.82, 2.24) is 9.55 Å². The second-order valence-electron chi connectivity index (χ2n) is 7.59. The summed E-state index contributed by atoms with van der Waals surface area (Å²) in [4.78, 5) is 18.5. The maximum atomic E-state index is 12.9. The molecule has 1 aliphatic rings. The number of hydrogen-bond donors (Lipinski definition) is 1. The van der Waals surface area contributed by atoms with Gasteiger partial charge in [0.2, 0.25) is 0 Å². The molecule has 0 aliphatic carbocycles. The number of hydrogen-bond acceptors (Lipinski definition) is 6. The standard InChI is InChI=1S/C22H19F3N4O3/c1-28-16-6-5-14(11-26)27-21(16)17(10-20(28)31)29-8-7-19(18(30)12-29)32-15-4-2-3-13(9-15)22(23,24)25/h2-6,9-10,18-19,30H,7-8,12H2,1H3/t18-,19-/m0/s1. The SMILES string of the molecule is Cn1c(=O)cc(N2CC[C@H](Oc3cccc(C(F)(F)F)c3)[C@@H](O)C2)c2nc(C#N)ccc21. The third-order valence-corrected chi connectivity index (χ3v) is 5.49. The normalized spacial score (nSPS) is 19.1. The molecule has 2 aromatic heterocycles. The van der Waals surface area contributed by atoms with Crippen molar-refractivity contribution in [3.05, 3.63) is 64.1 Å². The average molecular weight is 444 g/mol. The molecule has 0 spiro atoms. The van der Waals surface area contributed by atoms with Crippen LogP contribution in [0, 0.1) is 11.3 Å². The number of piperidine rings is 1. The number of pyridine rings is 2. The van der Waals surface area contributed by atoms with Crippen molar-refractivity contribution in [3.63, 3.8) is 0 Å². The van der Waals surface area contributed by atoms with Gasteiger partial charge in [0.1, 0.15) is 35.2 Å². The molecule has 1 N–H and O–H groups in total. The van der Waals surface area contributed by atoms with Gasteiger partial charge in [0.25, 0.3) is 5.56 Å². The highest BCUT2D eigenvalue weighted by Crippen LogP contribution is 2.33. The minimum Gasteiger partial charge on any atom is -0.488 e. The van der Waals surface area contributed by atoms with Crippen molar-refractivity contribution in [3.8, 4) is 11.8 Å². The Hall–Kier alpha value is -3.58. The predicted molar refractivity (Wildman–Crippen MR) is 110 cm³/mol. The highest BCUT2D eigenvalue weighted by atomic mass is 19.4. The van der Waals surface area contributed by atoms with E-state index in [1.165, 1.54) is 28.8 Å². The molecule has 1 saturated heterocycles. The molecule has 0 radical (unpaired) electrons. The lowest BCUT2D eigenvalue weighted by Crippen LogP contribution is -2.49. The predicted octanol–water partition coefficient (Wildman–Crippen LogP) is 2.84. The van der Waals surface area contributed by atoms with Gasteiger partial charge in [-0.15, -0.1) is 0 Å². The number of rotatable bonds is 3. The number of alkyl halides is 3. The van der Waals surface area contributed by atoms with E-state index >= 15 is 0 Å². The first-order valence-corrected chi connectivity index (χ1v) is 9.85. The lowest BCUT2D eigenvalue weighted by molar-refractivity contribution is -0.137. The van der Waals surface area contributed by atoms with Gasteiger partial charge in [-0.1, -0.05) is 6.07 Å². The second kappa shape index (κ2) is 8.16. The Balaban J connectivity index is 1.58. The topological polar surface area (TPSA) is 91.4 Å². The van der Waals surface area contributed by atoms with Crippen molar-refractivity contribution in [1.29, 1.82) is 5.26 Å². The minimum absolute atomic E-state index is 0.0247. The molecule has 166 valence electrons. The molecule has 0 amide bonds. The van der Waals surface area contributed by atoms with Crippen molar-refractivity contribution < 1.29 is 23.0 Å². The summed E-state index contributed by atoms with van der Waals surface area (Å²) in [6, 6.07) is 11.1. The maximum absolute atomic E-state index is 12.9. The van der Waals surface area contributed by atoms with Gasteiger partial charge in [-0.3, -0.25) is 4.79 Å². The van der Waals surface area contributed by atoms with Crippen LogP contribution in [0.25, 0.3) is 11.0 Å². The number of aliphatic hydroxyl groups excluding tert-OH is 1. The molecule has 10 heteroatoms. The largest absolute Gasteiger partial charge is 0.488 e. The van der Waals surface area contributed by atoms with Crippen molar-refractivity contribution >= 4 is 16.7 Å². The summed E-state index contributed by atoms with van der Waals surface area (Å²) in [5.41, 5.74) is 0.583. The first-order chi connectivity index (χ1) is 15.2. The molecule has 2 atom stereocenters. The fourth-order valence-electron chi connectivity index (χ4n) is 3.80. The molecule has 1 aliphatic heterocycles. The Bertz CT molecular complexity index is 1270. The number of fused-ring (bicyclic) bond motifs is 1. The molecule has 1 aromatic carbocycles. The van der Waals surface area contributed by atoms with Crippen molar-refractivity contribution in [2.24, 2.45) is 7.05 Å². The van der Waals surface area contributed by atoms with E-state index in [-0.39, 0.29) is 23.5 Å². The number of aromatic nitrogens is 2. The summed E-state index contributed by atoms with van der Waals surface area (Å²) in [7, 11) is 1.60. The van der Waals surface area contributed by atoms with Crippen molar-refractivity contribution in [2.75, 3.05) is 18.0 Å². The molecule has 0 unspecified atom stereocenters. The number of nitriles is 1. The van der Waals surface area contributed by atoms with Gasteiger partial charge in [0.15, 0.2) is 0 Å². The van der Waals surface area contributed by atoms with E-state index in [2.05, 4.69) is 4.98 Å². The monoisotopic (exact) mass is 444 g/mol. The Morgan fingerprint density at radius 1 is 1.25 bits per heavy atom. The quantitative estimate of drug-likeness (QED) is 0.668. The van der Waals surface area contributed by atoms with Gasteiger partial charge in [-0.05, 0) is 30.3 Å². The average Bonchev–Trinajstić information content (AvgIpc) is 2.77. The number of halogens is 3. The van der Waals surface area contributed by atoms with Crippen LogP contribution in [0.4, 0.5) is 18.9 Å². The Kier molecular flexibility index (Phi) is 5.52. The van der Waals surface area contributed by atoms with Crippen LogP contribution in [0.1, 0.15) is 17.7 Å². The van der Waals surface area contributed by atoms with Crippen LogP contribution in [0.2, 0.25) is 0 Å². The minimum atomic E-state index is -4.49. The van der Waals surface area contributed by atoms with Crippen LogP contribution in [-0.2, 0) is 13.2 Å². The summed E-state index contributed by atoms with van der Waals surface area (Å²) >= 11 is 0. The smallest absolute Gasteiger partial charge is 0.416 e. The number of β-amino-alcohol motifs (C(OH)–C–C–N with tert-alkyl or cyclic N) is 1. The van der Waals surface area contributed by atoms with Crippen molar-refractivity contribution in [2.45, 2.75) is 24.8 Å². The van der Waals surface area contributed by atoms with Crippen LogP contribution in [-0.4, -0.2) is 40.0 Å². The van der Waals surface area contributed by atoms with E-state index in [4.69, 9.17) is 4.74 Å². The number of nitrogens with zero attached hydrogens (tertiary/aromatic N) is 4. The molecule has 0 bridgehead atoms. The molecule has 0 saturated carbocycles. The van der Waals surface area contributed by atoms with Gasteiger partial charge in [0.05, 0.1) is 16.8 Å². The maximum Gasteiger partial charge on any atom is 0.416 e. The fourth-order valence-corrected chi connectivity index (χ4v) is 3.80. The third kappa shape index (κ3) is 4.11. The lowest BCUT2D eigenvalue weighted by atomic mass is 10.0. The third-order valence-electron chi connectivity index (χ3n) is 5.49. The first-order valence-electron chi connectivity index (χ1n) is 9.85. The summed E-state index contributed by atoms with van der Waals surface area (Å²) in [6.45, 7) is 0.464. The number of aliphatic hydroxyl groups is 1. The second-order valence-corrected chi connectivity index (χ2v) is 7.59. The van der Waals surface area contributed by atoms with E-state index in [9.17, 15) is 28.3 Å². The van der Waals surface area contributed by atoms with E-state index in [0.29, 0.717) is 29.7 Å². The molecule has 3 heterocycles. The number of ether oxygens (including phenoxy) is 1. The highest BCUT2D eigenvalue weighted by molar-refractivity contribution is 5.88. The zero-order chi connectivity index (χ0) is 23.0. The molecular weight excluding hydrogens is 425 g/mol. The first kappa shape index (κ1) is 21.6. The zero-order valence-electron chi connectivity index (χ0n) is 17.0. The number of aryl methyl sites for hydroxylation is 1. The lowest BCUT2D eigenvalue weighted by Gasteiger charge is -2.37. The molecular formula is C22H19F3N4O3. The van der Waals surface area contributed by atoms with E-state index in [1.807, 2.05) is 6.07 Å². The summed E-state index contributed by atoms with van der Waals surface area (Å²) in [5, 5.41) is 19.8. The molecule has 1 fully saturated rings. The van der Waals surface area contributed by atoms with Crippen LogP contribution >= 0.6 is 0 Å². The van der Waals surface area contributed by atoms with Gasteiger partial charge in [-0.25, -0.2) is 4.98 Å². The summed E-state index contributed by atoms with van der Waals surface area (Å²) < 4.78 is 45.9. The van der Waals surface area contributed by atoms with E-state index < -0.39 is 23.9 Å². The molecule has 7 nitrogen and oxygen atoms in total. The van der Waals surface area contributed by atoms with Gasteiger partial charge >= 0.3 is 6.18 Å². The van der Waals surface area contributed by atoms with E-state index in [1.54, 1.807) is 18.0 Å². The molecule has 4 rings (SSSR count). The van der Waals surface area contributed by atoms with Gasteiger partial charge < -0.3 is 19.3 Å². The molecule has 32 heavy (non-hydrogen) atoms.